The van der Waals surface area contributed by atoms with E-state index in [-0.39, 0.29) is 18.4 Å². The lowest BCUT2D eigenvalue weighted by molar-refractivity contribution is -0.126. The molecule has 1 atom stereocenters. The Morgan fingerprint density at radius 2 is 1.96 bits per heavy atom. The second-order valence-electron chi connectivity index (χ2n) is 5.36. The fourth-order valence-corrected chi connectivity index (χ4v) is 2.55. The van der Waals surface area contributed by atoms with Crippen molar-refractivity contribution in [2.45, 2.75) is 13.0 Å². The van der Waals surface area contributed by atoms with Gasteiger partial charge < -0.3 is 10.1 Å². The molecule has 3 rings (SSSR count). The van der Waals surface area contributed by atoms with Gasteiger partial charge in [0.1, 0.15) is 18.4 Å². The molecule has 2 aromatic carbocycles. The lowest BCUT2D eigenvalue weighted by Gasteiger charge is -2.31. The van der Waals surface area contributed by atoms with Gasteiger partial charge in [-0.3, -0.25) is 14.5 Å². The Balaban J connectivity index is 1.84. The number of benzene rings is 2. The Kier molecular flexibility index (Phi) is 4.17. The van der Waals surface area contributed by atoms with E-state index in [1.165, 1.54) is 4.90 Å². The quantitative estimate of drug-likeness (QED) is 0.940. The van der Waals surface area contributed by atoms with Crippen LogP contribution in [0.25, 0.3) is 0 Å². The van der Waals surface area contributed by atoms with Gasteiger partial charge in [-0.1, -0.05) is 24.3 Å². The van der Waals surface area contributed by atoms with Gasteiger partial charge >= 0.3 is 0 Å². The Bertz CT molecular complexity index is 841. The largest absolute Gasteiger partial charge is 0.479 e. The maximum Gasteiger partial charge on any atom is 0.268 e. The number of para-hydroxylation sites is 3. The molecule has 0 spiro atoms. The molecule has 6 nitrogen and oxygen atoms in total. The molecule has 0 bridgehead atoms. The zero-order valence-electron chi connectivity index (χ0n) is 13.0. The number of fused-ring (bicyclic) bond motifs is 1. The molecule has 0 fully saturated rings. The van der Waals surface area contributed by atoms with Crippen molar-refractivity contribution in [2.75, 3.05) is 16.8 Å². The molecule has 2 aromatic rings. The maximum absolute atomic E-state index is 12.7. The van der Waals surface area contributed by atoms with Gasteiger partial charge in [-0.05, 0) is 31.2 Å². The molecular weight excluding hydrogens is 306 g/mol. The Hall–Kier alpha value is -3.33. The van der Waals surface area contributed by atoms with Crippen LogP contribution < -0.4 is 15.0 Å². The molecule has 120 valence electrons. The van der Waals surface area contributed by atoms with Crippen molar-refractivity contribution in [1.82, 2.24) is 0 Å². The number of hydrogen-bond donors (Lipinski definition) is 1. The Morgan fingerprint density at radius 1 is 1.25 bits per heavy atom. The molecule has 1 unspecified atom stereocenters. The Labute approximate surface area is 139 Å². The second kappa shape index (κ2) is 6.42. The van der Waals surface area contributed by atoms with Crippen molar-refractivity contribution in [2.24, 2.45) is 0 Å². The monoisotopic (exact) mass is 321 g/mol. The highest BCUT2D eigenvalue weighted by atomic mass is 16.5. The van der Waals surface area contributed by atoms with Gasteiger partial charge in [-0.2, -0.15) is 5.26 Å². The number of carbonyl (C=O) groups excluding carboxylic acids is 2. The zero-order valence-corrected chi connectivity index (χ0v) is 13.0. The summed E-state index contributed by atoms with van der Waals surface area (Å²) in [5, 5.41) is 11.8. The van der Waals surface area contributed by atoms with Crippen molar-refractivity contribution >= 4 is 23.2 Å². The second-order valence-corrected chi connectivity index (χ2v) is 5.36. The summed E-state index contributed by atoms with van der Waals surface area (Å²) in [6.07, 6.45) is -0.835. The third-order valence-corrected chi connectivity index (χ3v) is 3.70. The van der Waals surface area contributed by atoms with Crippen LogP contribution in [0.15, 0.2) is 48.5 Å². The smallest absolute Gasteiger partial charge is 0.268 e. The summed E-state index contributed by atoms with van der Waals surface area (Å²) in [5.74, 6) is -0.257. The SMILES string of the molecule is CC(Oc1ccccc1C#N)C(=O)N1CC(=O)Nc2ccccc21. The highest BCUT2D eigenvalue weighted by Crippen LogP contribution is 2.30. The van der Waals surface area contributed by atoms with Crippen LogP contribution in [0.2, 0.25) is 0 Å². The number of hydrogen-bond acceptors (Lipinski definition) is 4. The standard InChI is InChI=1S/C18H15N3O3/c1-12(24-16-9-5-2-6-13(16)10-19)18(23)21-11-17(22)20-14-7-3-4-8-15(14)21/h2-9,12H,11H2,1H3,(H,20,22). The van der Waals surface area contributed by atoms with E-state index in [0.29, 0.717) is 22.7 Å². The lowest BCUT2D eigenvalue weighted by Crippen LogP contribution is -2.47. The van der Waals surface area contributed by atoms with Crippen molar-refractivity contribution in [3.05, 3.63) is 54.1 Å². The van der Waals surface area contributed by atoms with E-state index >= 15 is 0 Å². The fourth-order valence-electron chi connectivity index (χ4n) is 2.55. The first-order valence-corrected chi connectivity index (χ1v) is 7.46. The van der Waals surface area contributed by atoms with Crippen LogP contribution in [0.3, 0.4) is 0 Å². The van der Waals surface area contributed by atoms with E-state index in [1.807, 2.05) is 6.07 Å². The fraction of sp³-hybridized carbons (Fsp3) is 0.167. The lowest BCUT2D eigenvalue weighted by atomic mass is 10.1. The number of ether oxygens (including phenoxy) is 1. The van der Waals surface area contributed by atoms with Crippen LogP contribution in [-0.2, 0) is 9.59 Å². The van der Waals surface area contributed by atoms with Crippen LogP contribution in [0.5, 0.6) is 5.75 Å². The summed E-state index contributed by atoms with van der Waals surface area (Å²) in [6.45, 7) is 1.54. The summed E-state index contributed by atoms with van der Waals surface area (Å²) >= 11 is 0. The van der Waals surface area contributed by atoms with Gasteiger partial charge in [0.05, 0.1) is 16.9 Å². The van der Waals surface area contributed by atoms with E-state index in [4.69, 9.17) is 10.00 Å². The number of nitrogens with zero attached hydrogens (tertiary/aromatic N) is 2. The highest BCUT2D eigenvalue weighted by Gasteiger charge is 2.30. The first-order chi connectivity index (χ1) is 11.6. The predicted molar refractivity (Wildman–Crippen MR) is 88.7 cm³/mol. The van der Waals surface area contributed by atoms with Crippen LogP contribution in [0.1, 0.15) is 12.5 Å². The van der Waals surface area contributed by atoms with Crippen LogP contribution in [-0.4, -0.2) is 24.5 Å². The average Bonchev–Trinajstić information content (AvgIpc) is 2.60. The van der Waals surface area contributed by atoms with Gasteiger partial charge in [-0.15, -0.1) is 0 Å². The number of amides is 2. The molecule has 2 amide bonds. The molecular formula is C18H15N3O3. The van der Waals surface area contributed by atoms with Gasteiger partial charge in [-0.25, -0.2) is 0 Å². The summed E-state index contributed by atoms with van der Waals surface area (Å²) in [7, 11) is 0. The molecule has 1 aliphatic rings. The molecule has 6 heteroatoms. The molecule has 0 saturated carbocycles. The van der Waals surface area contributed by atoms with Crippen molar-refractivity contribution in [3.63, 3.8) is 0 Å². The first-order valence-electron chi connectivity index (χ1n) is 7.46. The highest BCUT2D eigenvalue weighted by molar-refractivity contribution is 6.10. The van der Waals surface area contributed by atoms with Crippen LogP contribution in [0, 0.1) is 11.3 Å². The van der Waals surface area contributed by atoms with Crippen molar-refractivity contribution < 1.29 is 14.3 Å². The molecule has 1 aliphatic heterocycles. The topological polar surface area (TPSA) is 82.4 Å². The van der Waals surface area contributed by atoms with E-state index < -0.39 is 6.10 Å². The van der Waals surface area contributed by atoms with E-state index in [1.54, 1.807) is 55.5 Å². The molecule has 24 heavy (non-hydrogen) atoms. The van der Waals surface area contributed by atoms with Crippen LogP contribution in [0.4, 0.5) is 11.4 Å². The molecule has 0 radical (unpaired) electrons. The summed E-state index contributed by atoms with van der Waals surface area (Å²) in [4.78, 5) is 26.0. The number of nitriles is 1. The first kappa shape index (κ1) is 15.6. The molecule has 1 N–H and O–H groups in total. The minimum Gasteiger partial charge on any atom is -0.479 e. The third-order valence-electron chi connectivity index (χ3n) is 3.70. The zero-order chi connectivity index (χ0) is 17.1. The Morgan fingerprint density at radius 3 is 2.75 bits per heavy atom. The molecule has 0 saturated heterocycles. The van der Waals surface area contributed by atoms with Gasteiger partial charge in [0, 0.05) is 0 Å². The maximum atomic E-state index is 12.7. The minimum atomic E-state index is -0.835. The summed E-state index contributed by atoms with van der Waals surface area (Å²) in [6, 6.07) is 15.8. The summed E-state index contributed by atoms with van der Waals surface area (Å²) < 4.78 is 5.66. The number of rotatable bonds is 3. The normalized spacial score (nSPS) is 14.2. The van der Waals surface area contributed by atoms with Gasteiger partial charge in [0.25, 0.3) is 5.91 Å². The van der Waals surface area contributed by atoms with Crippen molar-refractivity contribution in [1.29, 1.82) is 5.26 Å². The average molecular weight is 321 g/mol. The predicted octanol–water partition coefficient (Wildman–Crippen LogP) is 2.31. The van der Waals surface area contributed by atoms with Crippen molar-refractivity contribution in [3.8, 4) is 11.8 Å². The third kappa shape index (κ3) is 2.92. The summed E-state index contributed by atoms with van der Waals surface area (Å²) in [5.41, 5.74) is 1.58. The van der Waals surface area contributed by atoms with Gasteiger partial charge in [0.2, 0.25) is 5.91 Å². The molecule has 1 heterocycles. The van der Waals surface area contributed by atoms with Gasteiger partial charge in [0.15, 0.2) is 6.10 Å². The molecule has 0 aromatic heterocycles. The number of anilines is 2. The van der Waals surface area contributed by atoms with E-state index in [0.717, 1.165) is 0 Å². The molecule has 0 aliphatic carbocycles. The number of carbonyl (C=O) groups is 2. The van der Waals surface area contributed by atoms with E-state index in [2.05, 4.69) is 5.32 Å². The number of nitrogens with one attached hydrogen (secondary N) is 1. The minimum absolute atomic E-state index is 0.0660. The van der Waals surface area contributed by atoms with Crippen LogP contribution >= 0.6 is 0 Å². The van der Waals surface area contributed by atoms with E-state index in [9.17, 15) is 9.59 Å².